The Labute approximate surface area is 118 Å². The van der Waals surface area contributed by atoms with Crippen LogP contribution >= 0.6 is 11.6 Å². The predicted molar refractivity (Wildman–Crippen MR) is 77.4 cm³/mol. The number of nitrogens with one attached hydrogen (secondary N) is 1. The van der Waals surface area contributed by atoms with E-state index in [2.05, 4.69) is 18.3 Å². The zero-order valence-electron chi connectivity index (χ0n) is 11.3. The molecule has 0 saturated heterocycles. The van der Waals surface area contributed by atoms with Crippen LogP contribution in [0.4, 0.5) is 10.5 Å². The summed E-state index contributed by atoms with van der Waals surface area (Å²) in [6, 6.07) is 6.11. The molecule has 1 aromatic carbocycles. The zero-order valence-corrected chi connectivity index (χ0v) is 12.1. The number of carbonyl (C=O) groups excluding carboxylic acids is 1. The molecule has 102 valence electrons. The van der Waals surface area contributed by atoms with Crippen molar-refractivity contribution in [1.82, 2.24) is 4.90 Å². The average Bonchev–Trinajstić information content (AvgIpc) is 3.22. The number of anilines is 1. The number of nitrogens with zero attached hydrogens (tertiary/aromatic N) is 1. The highest BCUT2D eigenvalue weighted by Crippen LogP contribution is 2.45. The lowest BCUT2D eigenvalue weighted by Crippen LogP contribution is -2.35. The summed E-state index contributed by atoms with van der Waals surface area (Å²) in [5, 5.41) is 2.95. The topological polar surface area (TPSA) is 32.3 Å². The minimum Gasteiger partial charge on any atom is -0.323 e. The number of benzene rings is 1. The number of carbonyl (C=O) groups is 1. The van der Waals surface area contributed by atoms with Gasteiger partial charge in [0.05, 0.1) is 5.38 Å². The monoisotopic (exact) mass is 278 g/mol. The van der Waals surface area contributed by atoms with Crippen LogP contribution in [0.25, 0.3) is 0 Å². The van der Waals surface area contributed by atoms with Crippen LogP contribution in [0.15, 0.2) is 18.2 Å². The Morgan fingerprint density at radius 2 is 2.16 bits per heavy atom. The maximum Gasteiger partial charge on any atom is 0.321 e. The standard InChI is InChI=1S/C15H19ClN2O/c1-9(10-3-4-10)14(16)11-5-6-13-12(7-11)8-18(2)15(19)17-13/h5-7,9-10,14H,3-4,8H2,1-2H3,(H,17,19). The van der Waals surface area contributed by atoms with Gasteiger partial charge in [-0.25, -0.2) is 4.79 Å². The third kappa shape index (κ3) is 2.44. The minimum absolute atomic E-state index is 0.0472. The second-order valence-electron chi connectivity index (χ2n) is 5.80. The molecule has 1 N–H and O–H groups in total. The maximum absolute atomic E-state index is 11.6. The van der Waals surface area contributed by atoms with E-state index in [1.807, 2.05) is 12.1 Å². The summed E-state index contributed by atoms with van der Waals surface area (Å²) in [4.78, 5) is 13.3. The van der Waals surface area contributed by atoms with Gasteiger partial charge in [-0.05, 0) is 41.9 Å². The summed E-state index contributed by atoms with van der Waals surface area (Å²) < 4.78 is 0. The van der Waals surface area contributed by atoms with Gasteiger partial charge in [0.15, 0.2) is 0 Å². The Kier molecular flexibility index (Phi) is 3.17. The van der Waals surface area contributed by atoms with Crippen LogP contribution in [0.3, 0.4) is 0 Å². The number of hydrogen-bond donors (Lipinski definition) is 1. The maximum atomic E-state index is 11.6. The van der Waals surface area contributed by atoms with Crippen LogP contribution in [0, 0.1) is 11.8 Å². The first kappa shape index (κ1) is 12.8. The molecule has 2 amide bonds. The lowest BCUT2D eigenvalue weighted by atomic mass is 9.94. The number of amides is 2. The molecule has 0 radical (unpaired) electrons. The lowest BCUT2D eigenvalue weighted by molar-refractivity contribution is 0.218. The molecule has 1 saturated carbocycles. The fourth-order valence-corrected chi connectivity index (χ4v) is 3.08. The Morgan fingerprint density at radius 3 is 2.84 bits per heavy atom. The van der Waals surface area contributed by atoms with E-state index in [0.29, 0.717) is 12.5 Å². The summed E-state index contributed by atoms with van der Waals surface area (Å²) in [6.45, 7) is 2.89. The van der Waals surface area contributed by atoms with E-state index >= 15 is 0 Å². The first-order valence-corrected chi connectivity index (χ1v) is 7.29. The van der Waals surface area contributed by atoms with Gasteiger partial charge in [-0.15, -0.1) is 11.6 Å². The molecular weight excluding hydrogens is 260 g/mol. The summed E-state index contributed by atoms with van der Waals surface area (Å²) >= 11 is 6.60. The molecule has 1 heterocycles. The molecule has 2 atom stereocenters. The average molecular weight is 279 g/mol. The molecule has 0 spiro atoms. The number of halogens is 1. The molecule has 19 heavy (non-hydrogen) atoms. The number of fused-ring (bicyclic) bond motifs is 1. The van der Waals surface area contributed by atoms with E-state index < -0.39 is 0 Å². The van der Waals surface area contributed by atoms with Crippen molar-refractivity contribution in [2.24, 2.45) is 11.8 Å². The molecule has 4 heteroatoms. The Balaban J connectivity index is 1.84. The molecule has 3 rings (SSSR count). The van der Waals surface area contributed by atoms with E-state index in [9.17, 15) is 4.79 Å². The van der Waals surface area contributed by atoms with Gasteiger partial charge in [-0.1, -0.05) is 19.1 Å². The van der Waals surface area contributed by atoms with Gasteiger partial charge in [0.2, 0.25) is 0 Å². The van der Waals surface area contributed by atoms with Gasteiger partial charge in [0.25, 0.3) is 0 Å². The van der Waals surface area contributed by atoms with Crippen molar-refractivity contribution >= 4 is 23.3 Å². The van der Waals surface area contributed by atoms with Crippen LogP contribution in [-0.2, 0) is 6.54 Å². The van der Waals surface area contributed by atoms with E-state index in [4.69, 9.17) is 11.6 Å². The Bertz CT molecular complexity index is 513. The second-order valence-corrected chi connectivity index (χ2v) is 6.27. The van der Waals surface area contributed by atoms with Gasteiger partial charge in [-0.2, -0.15) is 0 Å². The molecule has 1 aromatic rings. The van der Waals surface area contributed by atoms with Gasteiger partial charge in [0.1, 0.15) is 0 Å². The third-order valence-corrected chi connectivity index (χ3v) is 4.92. The van der Waals surface area contributed by atoms with Crippen molar-refractivity contribution in [2.45, 2.75) is 31.7 Å². The normalized spacial score (nSPS) is 21.6. The molecule has 3 nitrogen and oxygen atoms in total. The molecule has 1 aliphatic heterocycles. The van der Waals surface area contributed by atoms with E-state index in [0.717, 1.165) is 17.2 Å². The molecule has 1 aliphatic carbocycles. The molecule has 2 aliphatic rings. The minimum atomic E-state index is -0.0472. The number of urea groups is 1. The van der Waals surface area contributed by atoms with Gasteiger partial charge < -0.3 is 10.2 Å². The highest BCUT2D eigenvalue weighted by atomic mass is 35.5. The van der Waals surface area contributed by atoms with Crippen LogP contribution in [0.2, 0.25) is 0 Å². The third-order valence-electron chi connectivity index (χ3n) is 4.27. The van der Waals surface area contributed by atoms with E-state index in [-0.39, 0.29) is 11.4 Å². The molecule has 0 bridgehead atoms. The van der Waals surface area contributed by atoms with Crippen molar-refractivity contribution in [1.29, 1.82) is 0 Å². The molecule has 0 aromatic heterocycles. The second kappa shape index (κ2) is 4.71. The van der Waals surface area contributed by atoms with Crippen molar-refractivity contribution in [3.05, 3.63) is 29.3 Å². The summed E-state index contributed by atoms with van der Waals surface area (Å²) in [5.74, 6) is 1.32. The summed E-state index contributed by atoms with van der Waals surface area (Å²) in [5.41, 5.74) is 3.23. The largest absolute Gasteiger partial charge is 0.323 e. The van der Waals surface area contributed by atoms with Crippen molar-refractivity contribution in [3.8, 4) is 0 Å². The van der Waals surface area contributed by atoms with Gasteiger partial charge in [0, 0.05) is 19.3 Å². The van der Waals surface area contributed by atoms with Crippen LogP contribution < -0.4 is 5.32 Å². The number of alkyl halides is 1. The first-order valence-electron chi connectivity index (χ1n) is 6.85. The Morgan fingerprint density at radius 1 is 1.42 bits per heavy atom. The van der Waals surface area contributed by atoms with Crippen LogP contribution in [0.5, 0.6) is 0 Å². The van der Waals surface area contributed by atoms with Crippen molar-refractivity contribution in [3.63, 3.8) is 0 Å². The van der Waals surface area contributed by atoms with Crippen molar-refractivity contribution in [2.75, 3.05) is 12.4 Å². The summed E-state index contributed by atoms with van der Waals surface area (Å²) in [6.07, 6.45) is 2.63. The molecule has 1 fully saturated rings. The predicted octanol–water partition coefficient (Wildman–Crippen LogP) is 3.99. The number of rotatable bonds is 3. The van der Waals surface area contributed by atoms with E-state index in [1.165, 1.54) is 18.4 Å². The van der Waals surface area contributed by atoms with Gasteiger partial charge in [-0.3, -0.25) is 0 Å². The smallest absolute Gasteiger partial charge is 0.321 e. The first-order chi connectivity index (χ1) is 9.06. The fraction of sp³-hybridized carbons (Fsp3) is 0.533. The van der Waals surface area contributed by atoms with Crippen molar-refractivity contribution < 1.29 is 4.79 Å². The highest BCUT2D eigenvalue weighted by molar-refractivity contribution is 6.21. The Hall–Kier alpha value is -1.22. The SMILES string of the molecule is CC(C1CC1)C(Cl)c1ccc2c(c1)CN(C)C(=O)N2. The highest BCUT2D eigenvalue weighted by Gasteiger charge is 2.33. The van der Waals surface area contributed by atoms with Crippen LogP contribution in [-0.4, -0.2) is 18.0 Å². The van der Waals surface area contributed by atoms with Gasteiger partial charge >= 0.3 is 6.03 Å². The van der Waals surface area contributed by atoms with Crippen LogP contribution in [0.1, 0.15) is 36.3 Å². The van der Waals surface area contributed by atoms with E-state index in [1.54, 1.807) is 11.9 Å². The fourth-order valence-electron chi connectivity index (χ4n) is 2.74. The zero-order chi connectivity index (χ0) is 13.6. The lowest BCUT2D eigenvalue weighted by Gasteiger charge is -2.27. The molecule has 2 unspecified atom stereocenters. The molecular formula is C15H19ClN2O. The quantitative estimate of drug-likeness (QED) is 0.833. The summed E-state index contributed by atoms with van der Waals surface area (Å²) in [7, 11) is 1.80. The number of hydrogen-bond acceptors (Lipinski definition) is 1.